The zero-order valence-corrected chi connectivity index (χ0v) is 16.5. The summed E-state index contributed by atoms with van der Waals surface area (Å²) in [5.74, 6) is 3.50. The largest absolute Gasteiger partial charge is 0.472 e. The Bertz CT molecular complexity index is 893. The molecule has 0 spiro atoms. The van der Waals surface area contributed by atoms with Crippen LogP contribution in [0.5, 0.6) is 0 Å². The monoisotopic (exact) mass is 412 g/mol. The molecule has 158 valence electrons. The number of hydrogen-bond acceptors (Lipinski definition) is 7. The Hall–Kier alpha value is -3.62. The van der Waals surface area contributed by atoms with Gasteiger partial charge >= 0.3 is 5.97 Å². The molecule has 1 aliphatic heterocycles. The molecule has 2 amide bonds. The first-order chi connectivity index (χ1) is 14.6. The van der Waals surface area contributed by atoms with E-state index in [1.807, 2.05) is 24.3 Å². The molecule has 3 N–H and O–H groups in total. The van der Waals surface area contributed by atoms with Crippen molar-refractivity contribution in [1.82, 2.24) is 5.48 Å². The highest BCUT2D eigenvalue weighted by atomic mass is 16.7. The molecule has 2 aromatic rings. The Morgan fingerprint density at radius 2 is 2.10 bits per heavy atom. The van der Waals surface area contributed by atoms with Crippen molar-refractivity contribution in [2.75, 3.05) is 11.4 Å². The maximum atomic E-state index is 12.8. The van der Waals surface area contributed by atoms with Gasteiger partial charge in [-0.15, -0.1) is 0 Å². The zero-order valence-electron chi connectivity index (χ0n) is 16.5. The molecule has 0 aliphatic carbocycles. The Kier molecular flexibility index (Phi) is 7.20. The lowest BCUT2D eigenvalue weighted by atomic mass is 9.93. The van der Waals surface area contributed by atoms with Crippen LogP contribution in [0, 0.1) is 5.92 Å². The van der Waals surface area contributed by atoms with Gasteiger partial charge in [-0.25, -0.2) is 4.79 Å². The van der Waals surface area contributed by atoms with E-state index in [0.717, 1.165) is 23.2 Å². The van der Waals surface area contributed by atoms with Gasteiger partial charge < -0.3 is 20.0 Å². The van der Waals surface area contributed by atoms with Crippen molar-refractivity contribution in [3.8, 4) is 0 Å². The van der Waals surface area contributed by atoms with Crippen LogP contribution in [-0.2, 0) is 25.6 Å². The third-order valence-corrected chi connectivity index (χ3v) is 4.89. The first kappa shape index (κ1) is 21.1. The maximum absolute atomic E-state index is 12.8. The van der Waals surface area contributed by atoms with E-state index in [0.29, 0.717) is 19.4 Å². The third-order valence-electron chi connectivity index (χ3n) is 4.89. The van der Waals surface area contributed by atoms with E-state index in [1.165, 1.54) is 12.5 Å². The number of hydroxylamine groups is 1. The summed E-state index contributed by atoms with van der Waals surface area (Å²) >= 11 is 0. The highest BCUT2D eigenvalue weighted by molar-refractivity contribution is 5.98. The summed E-state index contributed by atoms with van der Waals surface area (Å²) in [4.78, 5) is 43.2. The number of hydrogen-bond donors (Lipinski definition) is 2. The van der Waals surface area contributed by atoms with E-state index < -0.39 is 17.8 Å². The van der Waals surface area contributed by atoms with Gasteiger partial charge in [0.05, 0.1) is 25.2 Å². The van der Waals surface area contributed by atoms with Gasteiger partial charge in [0.15, 0.2) is 0 Å². The lowest BCUT2D eigenvalue weighted by Gasteiger charge is -2.32. The fourth-order valence-electron chi connectivity index (χ4n) is 3.33. The number of anilines is 1. The minimum Gasteiger partial charge on any atom is -0.472 e. The van der Waals surface area contributed by atoms with Crippen LogP contribution < -0.4 is 16.2 Å². The molecule has 9 nitrogen and oxygen atoms in total. The molecule has 0 saturated carbocycles. The molecule has 3 rings (SSSR count). The van der Waals surface area contributed by atoms with Crippen molar-refractivity contribution in [2.24, 2.45) is 16.9 Å². The van der Waals surface area contributed by atoms with Gasteiger partial charge in [-0.3, -0.25) is 9.59 Å². The molecule has 1 atom stereocenters. The number of carbonyl (C=O) groups excluding carboxylic acids is 3. The van der Waals surface area contributed by atoms with Gasteiger partial charge in [0.2, 0.25) is 5.91 Å². The highest BCUT2D eigenvalue weighted by Gasteiger charge is 2.31. The van der Waals surface area contributed by atoms with Crippen molar-refractivity contribution in [1.29, 1.82) is 0 Å². The van der Waals surface area contributed by atoms with Crippen LogP contribution in [0.25, 0.3) is 0 Å². The van der Waals surface area contributed by atoms with E-state index >= 15 is 0 Å². The van der Waals surface area contributed by atoms with Crippen LogP contribution in [0.3, 0.4) is 0 Å². The molecule has 30 heavy (non-hydrogen) atoms. The van der Waals surface area contributed by atoms with Gasteiger partial charge in [0, 0.05) is 24.6 Å². The van der Waals surface area contributed by atoms with Crippen LogP contribution >= 0.6 is 0 Å². The van der Waals surface area contributed by atoms with E-state index in [2.05, 4.69) is 10.6 Å². The van der Waals surface area contributed by atoms with Gasteiger partial charge in [-0.2, -0.15) is 10.6 Å². The second kappa shape index (κ2) is 10.2. The summed E-state index contributed by atoms with van der Waals surface area (Å²) in [6, 6.07) is 9.03. The molecule has 0 unspecified atom stereocenters. The zero-order chi connectivity index (χ0) is 21.3. The Balaban J connectivity index is 1.47. The third kappa shape index (κ3) is 5.69. The smallest absolute Gasteiger partial charge is 0.332 e. The Morgan fingerprint density at radius 1 is 1.30 bits per heavy atom. The molecular weight excluding hydrogens is 388 g/mol. The fraction of sp³-hybridized carbons (Fsp3) is 0.333. The number of piperidine rings is 1. The van der Waals surface area contributed by atoms with Crippen molar-refractivity contribution >= 4 is 29.7 Å². The van der Waals surface area contributed by atoms with Crippen molar-refractivity contribution in [2.45, 2.75) is 32.1 Å². The average Bonchev–Trinajstić information content (AvgIpc) is 3.27. The van der Waals surface area contributed by atoms with Gasteiger partial charge in [0.1, 0.15) is 0 Å². The molecule has 1 aromatic heterocycles. The minimum atomic E-state index is -0.553. The normalized spacial score (nSPS) is 16.6. The standard InChI is InChI=1S/C21H24N4O5/c22-23-13-15-3-6-18(7-4-15)25-10-1-2-17(21(25)28)12-19(26)24-30-20(27)8-5-16-9-11-29-14-16/h3-4,6-7,9,11,13-14,17H,1-2,5,8,10,12,22H2,(H,24,26)/t17-/m0/s1. The van der Waals surface area contributed by atoms with E-state index in [4.69, 9.17) is 15.1 Å². The Labute approximate surface area is 173 Å². The quantitative estimate of drug-likeness (QED) is 0.406. The van der Waals surface area contributed by atoms with Gasteiger partial charge in [-0.05, 0) is 48.6 Å². The summed E-state index contributed by atoms with van der Waals surface area (Å²) in [6.07, 6.45) is 6.50. The number of amides is 2. The number of aryl methyl sites for hydroxylation is 1. The van der Waals surface area contributed by atoms with Crippen LogP contribution in [0.4, 0.5) is 5.69 Å². The first-order valence-electron chi connectivity index (χ1n) is 9.71. The number of nitrogens with one attached hydrogen (secondary N) is 1. The average molecular weight is 412 g/mol. The number of benzene rings is 1. The number of rotatable bonds is 7. The molecule has 2 heterocycles. The summed E-state index contributed by atoms with van der Waals surface area (Å²) < 4.78 is 4.93. The van der Waals surface area contributed by atoms with Crippen LogP contribution in [0.2, 0.25) is 0 Å². The summed E-state index contributed by atoms with van der Waals surface area (Å²) in [6.45, 7) is 0.588. The van der Waals surface area contributed by atoms with E-state index in [1.54, 1.807) is 17.2 Å². The number of hydrazone groups is 1. The molecule has 9 heteroatoms. The second-order valence-corrected chi connectivity index (χ2v) is 7.03. The first-order valence-corrected chi connectivity index (χ1v) is 9.71. The minimum absolute atomic E-state index is 0.0394. The fourth-order valence-corrected chi connectivity index (χ4v) is 3.33. The van der Waals surface area contributed by atoms with Crippen LogP contribution in [-0.4, -0.2) is 30.5 Å². The summed E-state index contributed by atoms with van der Waals surface area (Å²) in [5.41, 5.74) is 4.60. The molecule has 1 aromatic carbocycles. The number of nitrogens with two attached hydrogens (primary N) is 1. The predicted octanol–water partition coefficient (Wildman–Crippen LogP) is 1.91. The van der Waals surface area contributed by atoms with Crippen LogP contribution in [0.15, 0.2) is 52.4 Å². The van der Waals surface area contributed by atoms with Crippen molar-refractivity contribution in [3.05, 3.63) is 54.0 Å². The second-order valence-electron chi connectivity index (χ2n) is 7.03. The highest BCUT2D eigenvalue weighted by Crippen LogP contribution is 2.26. The van der Waals surface area contributed by atoms with Crippen LogP contribution in [0.1, 0.15) is 36.8 Å². The maximum Gasteiger partial charge on any atom is 0.332 e. The number of furan rings is 1. The van der Waals surface area contributed by atoms with Gasteiger partial charge in [0.25, 0.3) is 5.91 Å². The van der Waals surface area contributed by atoms with Crippen molar-refractivity contribution in [3.63, 3.8) is 0 Å². The summed E-state index contributed by atoms with van der Waals surface area (Å²) in [5, 5.41) is 3.47. The molecule has 0 bridgehead atoms. The van der Waals surface area contributed by atoms with E-state index in [-0.39, 0.29) is 18.7 Å². The van der Waals surface area contributed by atoms with Crippen molar-refractivity contribution < 1.29 is 23.6 Å². The lowest BCUT2D eigenvalue weighted by molar-refractivity contribution is -0.158. The SMILES string of the molecule is NN=Cc1ccc(N2CCC[C@@H](CC(=O)NOC(=O)CCc3ccoc3)C2=O)cc1. The molecule has 0 radical (unpaired) electrons. The molecule has 1 fully saturated rings. The van der Waals surface area contributed by atoms with Gasteiger partial charge in [-0.1, -0.05) is 12.1 Å². The topological polar surface area (TPSA) is 127 Å². The predicted molar refractivity (Wildman–Crippen MR) is 109 cm³/mol. The number of carbonyl (C=O) groups is 3. The summed E-state index contributed by atoms with van der Waals surface area (Å²) in [7, 11) is 0. The molecule has 1 saturated heterocycles. The Morgan fingerprint density at radius 3 is 2.80 bits per heavy atom. The molecular formula is C21H24N4O5. The lowest BCUT2D eigenvalue weighted by Crippen LogP contribution is -2.43. The number of nitrogens with zero attached hydrogens (tertiary/aromatic N) is 2. The van der Waals surface area contributed by atoms with E-state index in [9.17, 15) is 14.4 Å². The molecule has 1 aliphatic rings.